The third-order valence-corrected chi connectivity index (χ3v) is 3.98. The second kappa shape index (κ2) is 6.47. The Hall–Kier alpha value is -2.25. The summed E-state index contributed by atoms with van der Waals surface area (Å²) in [4.78, 5) is 24.0. The van der Waals surface area contributed by atoms with E-state index >= 15 is 0 Å². The SMILES string of the molecule is C[C@H](NC(=O)N1C[C@@H](C(F)(F)F)[C@H](C(=O)O)C1)c1ccccc1. The lowest BCUT2D eigenvalue weighted by molar-refractivity contribution is -0.187. The molecule has 2 rings (SSSR count). The van der Waals surface area contributed by atoms with Crippen molar-refractivity contribution in [2.75, 3.05) is 13.1 Å². The number of amides is 2. The number of hydrogen-bond acceptors (Lipinski definition) is 2. The highest BCUT2D eigenvalue weighted by Gasteiger charge is 2.53. The summed E-state index contributed by atoms with van der Waals surface area (Å²) in [5.41, 5.74) is 0.808. The van der Waals surface area contributed by atoms with Gasteiger partial charge in [0.15, 0.2) is 0 Å². The van der Waals surface area contributed by atoms with E-state index in [9.17, 15) is 22.8 Å². The summed E-state index contributed by atoms with van der Waals surface area (Å²) in [5, 5.41) is 11.5. The first-order chi connectivity index (χ1) is 10.7. The Kier molecular flexibility index (Phi) is 4.82. The minimum absolute atomic E-state index is 0.392. The lowest BCUT2D eigenvalue weighted by Crippen LogP contribution is -2.40. The van der Waals surface area contributed by atoms with Crippen LogP contribution in [0.3, 0.4) is 0 Å². The number of benzene rings is 1. The second-order valence-electron chi connectivity index (χ2n) is 5.58. The van der Waals surface area contributed by atoms with E-state index in [1.54, 1.807) is 31.2 Å². The number of alkyl halides is 3. The summed E-state index contributed by atoms with van der Waals surface area (Å²) in [6.45, 7) is 0.611. The van der Waals surface area contributed by atoms with Crippen molar-refractivity contribution in [3.05, 3.63) is 35.9 Å². The van der Waals surface area contributed by atoms with E-state index < -0.39 is 49.1 Å². The Morgan fingerprint density at radius 1 is 1.26 bits per heavy atom. The van der Waals surface area contributed by atoms with Crippen LogP contribution in [-0.2, 0) is 4.79 Å². The molecule has 2 N–H and O–H groups in total. The molecule has 0 aliphatic carbocycles. The van der Waals surface area contributed by atoms with Gasteiger partial charge in [0.25, 0.3) is 0 Å². The molecular formula is C15H17F3N2O3. The number of urea groups is 1. The van der Waals surface area contributed by atoms with Crippen molar-refractivity contribution < 1.29 is 27.9 Å². The minimum Gasteiger partial charge on any atom is -0.481 e. The molecule has 126 valence electrons. The van der Waals surface area contributed by atoms with Gasteiger partial charge >= 0.3 is 18.2 Å². The number of aliphatic carboxylic acids is 1. The molecule has 2 amide bonds. The van der Waals surface area contributed by atoms with Crippen LogP contribution in [0.1, 0.15) is 18.5 Å². The maximum atomic E-state index is 12.9. The number of nitrogens with one attached hydrogen (secondary N) is 1. The topological polar surface area (TPSA) is 69.6 Å². The van der Waals surface area contributed by atoms with Crippen LogP contribution in [0.4, 0.5) is 18.0 Å². The first kappa shape index (κ1) is 17.1. The smallest absolute Gasteiger partial charge is 0.394 e. The zero-order chi connectivity index (χ0) is 17.2. The van der Waals surface area contributed by atoms with Gasteiger partial charge in [-0.25, -0.2) is 4.79 Å². The molecule has 0 saturated carbocycles. The van der Waals surface area contributed by atoms with Gasteiger partial charge in [0.05, 0.1) is 17.9 Å². The van der Waals surface area contributed by atoms with Crippen LogP contribution < -0.4 is 5.32 Å². The Balaban J connectivity index is 2.04. The molecule has 0 aromatic heterocycles. The van der Waals surface area contributed by atoms with Crippen molar-refractivity contribution in [2.24, 2.45) is 11.8 Å². The molecule has 1 aromatic carbocycles. The van der Waals surface area contributed by atoms with Crippen molar-refractivity contribution >= 4 is 12.0 Å². The Labute approximate surface area is 131 Å². The predicted octanol–water partition coefficient (Wildman–Crippen LogP) is 2.65. The molecule has 1 aliphatic rings. The molecule has 5 nitrogen and oxygen atoms in total. The normalized spacial score (nSPS) is 22.7. The monoisotopic (exact) mass is 330 g/mol. The predicted molar refractivity (Wildman–Crippen MR) is 75.6 cm³/mol. The molecule has 1 aliphatic heterocycles. The third-order valence-electron chi connectivity index (χ3n) is 3.98. The minimum atomic E-state index is -4.65. The number of nitrogens with zero attached hydrogens (tertiary/aromatic N) is 1. The number of carboxylic acid groups (broad SMARTS) is 1. The van der Waals surface area contributed by atoms with Crippen molar-refractivity contribution in [1.29, 1.82) is 0 Å². The molecule has 1 heterocycles. The van der Waals surface area contributed by atoms with Gasteiger partial charge in [-0.1, -0.05) is 30.3 Å². The number of hydrogen-bond donors (Lipinski definition) is 2. The zero-order valence-corrected chi connectivity index (χ0v) is 12.4. The van der Waals surface area contributed by atoms with Crippen molar-refractivity contribution in [1.82, 2.24) is 10.2 Å². The van der Waals surface area contributed by atoms with Gasteiger partial charge < -0.3 is 15.3 Å². The quantitative estimate of drug-likeness (QED) is 0.895. The van der Waals surface area contributed by atoms with Crippen LogP contribution in [0.15, 0.2) is 30.3 Å². The van der Waals surface area contributed by atoms with E-state index in [2.05, 4.69) is 5.32 Å². The van der Waals surface area contributed by atoms with Crippen molar-refractivity contribution in [2.45, 2.75) is 19.1 Å². The molecule has 1 fully saturated rings. The summed E-state index contributed by atoms with van der Waals surface area (Å²) < 4.78 is 38.7. The Bertz CT molecular complexity index is 577. The summed E-state index contributed by atoms with van der Waals surface area (Å²) in [6.07, 6.45) is -4.65. The summed E-state index contributed by atoms with van der Waals surface area (Å²) in [5.74, 6) is -5.22. The number of carbonyl (C=O) groups is 2. The van der Waals surface area contributed by atoms with E-state index in [0.717, 1.165) is 10.5 Å². The number of carbonyl (C=O) groups excluding carboxylic acids is 1. The van der Waals surface area contributed by atoms with Crippen LogP contribution in [0, 0.1) is 11.8 Å². The first-order valence-corrected chi connectivity index (χ1v) is 7.10. The highest BCUT2D eigenvalue weighted by Crippen LogP contribution is 2.37. The highest BCUT2D eigenvalue weighted by atomic mass is 19.4. The van der Waals surface area contributed by atoms with Gasteiger partial charge in [-0.3, -0.25) is 4.79 Å². The maximum absolute atomic E-state index is 12.9. The maximum Gasteiger partial charge on any atom is 0.394 e. The fourth-order valence-corrected chi connectivity index (χ4v) is 2.65. The molecule has 23 heavy (non-hydrogen) atoms. The summed E-state index contributed by atoms with van der Waals surface area (Å²) >= 11 is 0. The second-order valence-corrected chi connectivity index (χ2v) is 5.58. The Morgan fingerprint density at radius 3 is 2.35 bits per heavy atom. The lowest BCUT2D eigenvalue weighted by atomic mass is 9.96. The van der Waals surface area contributed by atoms with E-state index in [0.29, 0.717) is 0 Å². The fourth-order valence-electron chi connectivity index (χ4n) is 2.65. The van der Waals surface area contributed by atoms with Gasteiger partial charge in [0.2, 0.25) is 0 Å². The number of likely N-dealkylation sites (tertiary alicyclic amines) is 1. The molecule has 1 saturated heterocycles. The summed E-state index contributed by atoms with van der Waals surface area (Å²) in [6, 6.07) is 7.86. The van der Waals surface area contributed by atoms with E-state index in [4.69, 9.17) is 5.11 Å². The van der Waals surface area contributed by atoms with Crippen molar-refractivity contribution in [3.63, 3.8) is 0 Å². The largest absolute Gasteiger partial charge is 0.481 e. The van der Waals surface area contributed by atoms with Gasteiger partial charge in [-0.05, 0) is 12.5 Å². The molecule has 1 aromatic rings. The lowest BCUT2D eigenvalue weighted by Gasteiger charge is -2.21. The molecule has 0 radical (unpaired) electrons. The van der Waals surface area contributed by atoms with Crippen LogP contribution >= 0.6 is 0 Å². The third kappa shape index (κ3) is 3.94. The van der Waals surface area contributed by atoms with Crippen LogP contribution in [0.5, 0.6) is 0 Å². The summed E-state index contributed by atoms with van der Waals surface area (Å²) in [7, 11) is 0. The molecular weight excluding hydrogens is 313 g/mol. The van der Waals surface area contributed by atoms with E-state index in [1.807, 2.05) is 6.07 Å². The van der Waals surface area contributed by atoms with Crippen LogP contribution in [0.25, 0.3) is 0 Å². The zero-order valence-electron chi connectivity index (χ0n) is 12.4. The fraction of sp³-hybridized carbons (Fsp3) is 0.467. The molecule has 0 spiro atoms. The van der Waals surface area contributed by atoms with E-state index in [1.165, 1.54) is 0 Å². The van der Waals surface area contributed by atoms with Gasteiger partial charge in [0.1, 0.15) is 0 Å². The molecule has 0 unspecified atom stereocenters. The van der Waals surface area contributed by atoms with E-state index in [-0.39, 0.29) is 0 Å². The average Bonchev–Trinajstić information content (AvgIpc) is 2.93. The molecule has 3 atom stereocenters. The number of rotatable bonds is 3. The number of halogens is 3. The standard InChI is InChI=1S/C15H17F3N2O3/c1-9(10-5-3-2-4-6-10)19-14(23)20-7-11(13(21)22)12(8-20)15(16,17)18/h2-6,9,11-12H,7-8H2,1H3,(H,19,23)(H,21,22)/t9-,11+,12+/m0/s1. The first-order valence-electron chi connectivity index (χ1n) is 7.10. The average molecular weight is 330 g/mol. The Morgan fingerprint density at radius 2 is 1.87 bits per heavy atom. The van der Waals surface area contributed by atoms with Crippen molar-refractivity contribution in [3.8, 4) is 0 Å². The van der Waals surface area contributed by atoms with Gasteiger partial charge in [0, 0.05) is 13.1 Å². The molecule has 8 heteroatoms. The number of carboxylic acids is 1. The van der Waals surface area contributed by atoms with Gasteiger partial charge in [-0.15, -0.1) is 0 Å². The van der Waals surface area contributed by atoms with Crippen LogP contribution in [0.2, 0.25) is 0 Å². The van der Waals surface area contributed by atoms with Gasteiger partial charge in [-0.2, -0.15) is 13.2 Å². The van der Waals surface area contributed by atoms with Crippen LogP contribution in [-0.4, -0.2) is 41.3 Å². The molecule has 0 bridgehead atoms. The highest BCUT2D eigenvalue weighted by molar-refractivity contribution is 5.78.